The number of rotatable bonds is 2. The highest BCUT2D eigenvalue weighted by molar-refractivity contribution is 9.10. The average Bonchev–Trinajstić information content (AvgIpc) is 2.61. The highest BCUT2D eigenvalue weighted by Gasteiger charge is 2.14. The maximum absolute atomic E-state index is 6.09. The minimum atomic E-state index is 0.313. The summed E-state index contributed by atoms with van der Waals surface area (Å²) in [6, 6.07) is 3.93. The maximum Gasteiger partial charge on any atom is 0.126 e. The van der Waals surface area contributed by atoms with E-state index in [0.29, 0.717) is 16.8 Å². The normalized spacial score (nSPS) is 11.1. The molecule has 2 heterocycles. The van der Waals surface area contributed by atoms with Crippen molar-refractivity contribution in [1.82, 2.24) is 14.8 Å². The van der Waals surface area contributed by atoms with Crippen LogP contribution in [-0.4, -0.2) is 14.8 Å². The van der Waals surface area contributed by atoms with Crippen LogP contribution >= 0.6 is 27.5 Å². The first-order valence-electron chi connectivity index (χ1n) is 4.95. The van der Waals surface area contributed by atoms with Gasteiger partial charge in [0.1, 0.15) is 11.4 Å². The van der Waals surface area contributed by atoms with Crippen LogP contribution in [0.15, 0.2) is 29.0 Å². The van der Waals surface area contributed by atoms with Gasteiger partial charge in [-0.3, -0.25) is 9.67 Å². The first-order valence-corrected chi connectivity index (χ1v) is 6.12. The fraction of sp³-hybridized carbons (Fsp3) is 0.273. The Balaban J connectivity index is 2.52. The summed E-state index contributed by atoms with van der Waals surface area (Å²) in [6.07, 6.45) is 3.65. The molecule has 2 aromatic heterocycles. The summed E-state index contributed by atoms with van der Waals surface area (Å²) >= 11 is 9.56. The van der Waals surface area contributed by atoms with Crippen molar-refractivity contribution < 1.29 is 0 Å². The van der Waals surface area contributed by atoms with E-state index in [1.165, 1.54) is 0 Å². The molecule has 0 aliphatic heterocycles. The highest BCUT2D eigenvalue weighted by Crippen LogP contribution is 2.30. The van der Waals surface area contributed by atoms with Crippen molar-refractivity contribution >= 4 is 27.5 Å². The fourth-order valence-electron chi connectivity index (χ4n) is 1.35. The zero-order valence-electron chi connectivity index (χ0n) is 8.98. The van der Waals surface area contributed by atoms with Gasteiger partial charge in [0.25, 0.3) is 0 Å². The Morgan fingerprint density at radius 3 is 2.69 bits per heavy atom. The Hall–Kier alpha value is -0.870. The summed E-state index contributed by atoms with van der Waals surface area (Å²) in [6.45, 7) is 4.15. The van der Waals surface area contributed by atoms with Crippen molar-refractivity contribution in [2.24, 2.45) is 0 Å². The summed E-state index contributed by atoms with van der Waals surface area (Å²) in [4.78, 5) is 4.24. The zero-order valence-corrected chi connectivity index (χ0v) is 11.3. The smallest absolute Gasteiger partial charge is 0.126 e. The molecule has 2 rings (SSSR count). The van der Waals surface area contributed by atoms with E-state index in [0.717, 1.165) is 10.2 Å². The van der Waals surface area contributed by atoms with Gasteiger partial charge in [0.05, 0.1) is 9.50 Å². The Morgan fingerprint density at radius 1 is 1.38 bits per heavy atom. The van der Waals surface area contributed by atoms with Gasteiger partial charge in [-0.2, -0.15) is 5.10 Å². The molecule has 0 aromatic carbocycles. The van der Waals surface area contributed by atoms with Gasteiger partial charge in [-0.15, -0.1) is 0 Å². The van der Waals surface area contributed by atoms with Crippen LogP contribution in [0.5, 0.6) is 0 Å². The zero-order chi connectivity index (χ0) is 11.7. The molecular weight excluding hydrogens is 289 g/mol. The molecule has 5 heteroatoms. The van der Waals surface area contributed by atoms with E-state index in [1.54, 1.807) is 12.3 Å². The molecule has 0 unspecified atom stereocenters. The van der Waals surface area contributed by atoms with Gasteiger partial charge in [0.2, 0.25) is 0 Å². The molecule has 0 aliphatic rings. The highest BCUT2D eigenvalue weighted by atomic mass is 79.9. The Morgan fingerprint density at radius 2 is 2.12 bits per heavy atom. The topological polar surface area (TPSA) is 30.7 Å². The number of aromatic nitrogens is 3. The van der Waals surface area contributed by atoms with Gasteiger partial charge in [0.15, 0.2) is 0 Å². The number of hydrogen-bond acceptors (Lipinski definition) is 2. The van der Waals surface area contributed by atoms with E-state index in [1.807, 2.05) is 16.9 Å². The first-order chi connectivity index (χ1) is 7.59. The number of nitrogens with zero attached hydrogens (tertiary/aromatic N) is 3. The summed E-state index contributed by atoms with van der Waals surface area (Å²) in [5.41, 5.74) is 1.48. The summed E-state index contributed by atoms with van der Waals surface area (Å²) in [7, 11) is 0. The van der Waals surface area contributed by atoms with Gasteiger partial charge in [-0.05, 0) is 41.9 Å². The van der Waals surface area contributed by atoms with E-state index in [-0.39, 0.29) is 0 Å². The molecular formula is C11H11BrClN3. The van der Waals surface area contributed by atoms with Crippen molar-refractivity contribution in [3.05, 3.63) is 34.0 Å². The van der Waals surface area contributed by atoms with Crippen LogP contribution in [-0.2, 0) is 0 Å². The quantitative estimate of drug-likeness (QED) is 0.841. The number of halogens is 2. The largest absolute Gasteiger partial charge is 0.268 e. The van der Waals surface area contributed by atoms with E-state index >= 15 is 0 Å². The monoisotopic (exact) mass is 299 g/mol. The van der Waals surface area contributed by atoms with Crippen molar-refractivity contribution in [2.45, 2.75) is 19.9 Å². The predicted molar refractivity (Wildman–Crippen MR) is 68.6 cm³/mol. The lowest BCUT2D eigenvalue weighted by Crippen LogP contribution is -2.01. The third-order valence-electron chi connectivity index (χ3n) is 2.20. The Labute approximate surface area is 108 Å². The van der Waals surface area contributed by atoms with Crippen LogP contribution in [0.1, 0.15) is 19.9 Å². The lowest BCUT2D eigenvalue weighted by atomic mass is 10.3. The third kappa shape index (κ3) is 2.13. The van der Waals surface area contributed by atoms with Crippen LogP contribution in [0, 0.1) is 0 Å². The van der Waals surface area contributed by atoms with Crippen LogP contribution in [0.4, 0.5) is 0 Å². The van der Waals surface area contributed by atoms with E-state index < -0.39 is 0 Å². The van der Waals surface area contributed by atoms with Gasteiger partial charge in [-0.25, -0.2) is 0 Å². The van der Waals surface area contributed by atoms with Gasteiger partial charge in [-0.1, -0.05) is 11.6 Å². The summed E-state index contributed by atoms with van der Waals surface area (Å²) in [5.74, 6) is 0. The molecule has 0 spiro atoms. The summed E-state index contributed by atoms with van der Waals surface area (Å²) < 4.78 is 2.78. The SMILES string of the molecule is CC(C)n1cc(Br)c(-c2ncccc2Cl)n1. The lowest BCUT2D eigenvalue weighted by molar-refractivity contribution is 0.533. The standard InChI is InChI=1S/C11H11BrClN3/c1-7(2)16-6-8(12)10(15-16)11-9(13)4-3-5-14-11/h3-7H,1-2H3. The van der Waals surface area contributed by atoms with Crippen molar-refractivity contribution in [3.8, 4) is 11.4 Å². The molecule has 3 nitrogen and oxygen atoms in total. The Kier molecular flexibility index (Phi) is 3.30. The molecule has 0 aliphatic carbocycles. The van der Waals surface area contributed by atoms with E-state index in [2.05, 4.69) is 39.9 Å². The van der Waals surface area contributed by atoms with Crippen LogP contribution in [0.2, 0.25) is 5.02 Å². The van der Waals surface area contributed by atoms with Gasteiger partial charge >= 0.3 is 0 Å². The lowest BCUT2D eigenvalue weighted by Gasteiger charge is -2.03. The molecule has 0 saturated carbocycles. The van der Waals surface area contributed by atoms with E-state index in [9.17, 15) is 0 Å². The molecule has 16 heavy (non-hydrogen) atoms. The van der Waals surface area contributed by atoms with Gasteiger partial charge in [0, 0.05) is 18.4 Å². The van der Waals surface area contributed by atoms with Gasteiger partial charge < -0.3 is 0 Å². The number of hydrogen-bond donors (Lipinski definition) is 0. The predicted octanol–water partition coefficient (Wildman–Crippen LogP) is 3.94. The molecule has 2 aromatic rings. The summed E-state index contributed by atoms with van der Waals surface area (Å²) in [5, 5.41) is 5.07. The van der Waals surface area contributed by atoms with Crippen LogP contribution in [0.25, 0.3) is 11.4 Å². The first kappa shape index (κ1) is 11.6. The second kappa shape index (κ2) is 4.55. The second-order valence-electron chi connectivity index (χ2n) is 3.73. The van der Waals surface area contributed by atoms with Crippen molar-refractivity contribution in [1.29, 1.82) is 0 Å². The fourth-order valence-corrected chi connectivity index (χ4v) is 2.04. The Bertz CT molecular complexity index is 508. The average molecular weight is 301 g/mol. The van der Waals surface area contributed by atoms with Crippen LogP contribution in [0.3, 0.4) is 0 Å². The van der Waals surface area contributed by atoms with Crippen molar-refractivity contribution in [3.63, 3.8) is 0 Å². The minimum absolute atomic E-state index is 0.313. The maximum atomic E-state index is 6.09. The molecule has 84 valence electrons. The molecule has 0 N–H and O–H groups in total. The third-order valence-corrected chi connectivity index (χ3v) is 3.08. The molecule has 0 saturated heterocycles. The molecule has 0 radical (unpaired) electrons. The molecule has 0 atom stereocenters. The minimum Gasteiger partial charge on any atom is -0.268 e. The van der Waals surface area contributed by atoms with Crippen LogP contribution < -0.4 is 0 Å². The molecule has 0 bridgehead atoms. The van der Waals surface area contributed by atoms with E-state index in [4.69, 9.17) is 11.6 Å². The second-order valence-corrected chi connectivity index (χ2v) is 4.99. The van der Waals surface area contributed by atoms with Crippen molar-refractivity contribution in [2.75, 3.05) is 0 Å². The number of pyridine rings is 1. The molecule has 0 fully saturated rings. The molecule has 0 amide bonds.